The largest absolute Gasteiger partial charge is 0.481 e. The molecule has 2 aromatic heterocycles. The van der Waals surface area contributed by atoms with Gasteiger partial charge in [-0.2, -0.15) is 4.98 Å². The fraction of sp³-hybridized carbons (Fsp3) is 0.250. The molecule has 0 aromatic carbocycles. The Bertz CT molecular complexity index is 480. The average molecular weight is 206 g/mol. The minimum Gasteiger partial charge on any atom is -0.481 e. The van der Waals surface area contributed by atoms with E-state index in [-0.39, 0.29) is 5.95 Å². The summed E-state index contributed by atoms with van der Waals surface area (Å²) in [7, 11) is 3.29. The van der Waals surface area contributed by atoms with Crippen LogP contribution in [-0.2, 0) is 7.05 Å². The Labute approximate surface area is 85.9 Å². The summed E-state index contributed by atoms with van der Waals surface area (Å²) in [5.41, 5.74) is 6.92. The van der Waals surface area contributed by atoms with Crippen LogP contribution in [0.5, 0.6) is 5.88 Å². The third kappa shape index (κ3) is 1.71. The number of rotatable bonds is 2. The van der Waals surface area contributed by atoms with Gasteiger partial charge in [-0.1, -0.05) is 5.21 Å². The van der Waals surface area contributed by atoms with E-state index in [9.17, 15) is 0 Å². The van der Waals surface area contributed by atoms with Crippen LogP contribution in [0.2, 0.25) is 0 Å². The fourth-order valence-corrected chi connectivity index (χ4v) is 1.20. The Morgan fingerprint density at radius 1 is 1.40 bits per heavy atom. The molecule has 2 N–H and O–H groups in total. The predicted octanol–water partition coefficient (Wildman–Crippen LogP) is -0.137. The van der Waals surface area contributed by atoms with E-state index in [1.165, 1.54) is 7.11 Å². The minimum absolute atomic E-state index is 0.158. The summed E-state index contributed by atoms with van der Waals surface area (Å²) in [6, 6.07) is 1.68. The zero-order chi connectivity index (χ0) is 10.8. The van der Waals surface area contributed by atoms with Crippen LogP contribution in [0.3, 0.4) is 0 Å². The zero-order valence-electron chi connectivity index (χ0n) is 8.38. The van der Waals surface area contributed by atoms with E-state index in [0.717, 1.165) is 5.69 Å². The highest BCUT2D eigenvalue weighted by Gasteiger charge is 2.08. The second kappa shape index (κ2) is 3.52. The molecule has 15 heavy (non-hydrogen) atoms. The van der Waals surface area contributed by atoms with Crippen LogP contribution in [0.1, 0.15) is 0 Å². The van der Waals surface area contributed by atoms with Gasteiger partial charge in [0.25, 0.3) is 0 Å². The number of anilines is 1. The highest BCUT2D eigenvalue weighted by Crippen LogP contribution is 2.19. The molecule has 0 bridgehead atoms. The maximum absolute atomic E-state index is 5.54. The number of ether oxygens (including phenoxy) is 1. The molecule has 0 fully saturated rings. The molecular formula is C8H10N6O. The summed E-state index contributed by atoms with van der Waals surface area (Å²) < 4.78 is 6.59. The number of nitrogens with two attached hydrogens (primary N) is 1. The van der Waals surface area contributed by atoms with E-state index in [4.69, 9.17) is 10.5 Å². The fourth-order valence-electron chi connectivity index (χ4n) is 1.20. The first-order chi connectivity index (χ1) is 7.20. The molecule has 0 aliphatic carbocycles. The van der Waals surface area contributed by atoms with Crippen LogP contribution in [0.25, 0.3) is 11.4 Å². The first-order valence-corrected chi connectivity index (χ1v) is 4.24. The van der Waals surface area contributed by atoms with Crippen molar-refractivity contribution in [2.24, 2.45) is 7.05 Å². The van der Waals surface area contributed by atoms with Crippen LogP contribution in [0.4, 0.5) is 5.95 Å². The molecular weight excluding hydrogens is 196 g/mol. The highest BCUT2D eigenvalue weighted by atomic mass is 16.5. The van der Waals surface area contributed by atoms with Crippen molar-refractivity contribution in [1.82, 2.24) is 25.0 Å². The summed E-state index contributed by atoms with van der Waals surface area (Å²) in [6.45, 7) is 0. The molecule has 0 aliphatic rings. The second-order valence-corrected chi connectivity index (χ2v) is 2.90. The molecule has 0 saturated carbocycles. The molecule has 7 heteroatoms. The van der Waals surface area contributed by atoms with Gasteiger partial charge in [0.15, 0.2) is 0 Å². The molecule has 0 amide bonds. The lowest BCUT2D eigenvalue weighted by atomic mass is 10.3. The summed E-state index contributed by atoms with van der Waals surface area (Å²) in [5.74, 6) is 0.573. The predicted molar refractivity (Wildman–Crippen MR) is 53.0 cm³/mol. The Morgan fingerprint density at radius 3 is 2.80 bits per heavy atom. The second-order valence-electron chi connectivity index (χ2n) is 2.90. The summed E-state index contributed by atoms with van der Waals surface area (Å²) in [6.07, 6.45) is 1.60. The van der Waals surface area contributed by atoms with Crippen molar-refractivity contribution in [3.63, 3.8) is 0 Å². The quantitative estimate of drug-likeness (QED) is 0.735. The Balaban J connectivity index is 2.53. The number of nitrogen functional groups attached to an aromatic ring is 1. The first-order valence-electron chi connectivity index (χ1n) is 4.24. The van der Waals surface area contributed by atoms with Crippen molar-refractivity contribution in [1.29, 1.82) is 0 Å². The van der Waals surface area contributed by atoms with Gasteiger partial charge in [0.05, 0.1) is 19.0 Å². The van der Waals surface area contributed by atoms with Gasteiger partial charge in [0, 0.05) is 13.1 Å². The van der Waals surface area contributed by atoms with Gasteiger partial charge in [0.1, 0.15) is 5.69 Å². The third-order valence-electron chi connectivity index (χ3n) is 1.91. The van der Waals surface area contributed by atoms with Crippen molar-refractivity contribution in [3.05, 3.63) is 12.3 Å². The first kappa shape index (κ1) is 9.38. The lowest BCUT2D eigenvalue weighted by Crippen LogP contribution is -2.01. The van der Waals surface area contributed by atoms with Gasteiger partial charge in [-0.15, -0.1) is 5.10 Å². The Morgan fingerprint density at radius 2 is 2.20 bits per heavy atom. The van der Waals surface area contributed by atoms with E-state index in [0.29, 0.717) is 11.6 Å². The van der Waals surface area contributed by atoms with Crippen LogP contribution in [0.15, 0.2) is 12.3 Å². The smallest absolute Gasteiger partial charge is 0.223 e. The van der Waals surface area contributed by atoms with Gasteiger partial charge in [0.2, 0.25) is 11.8 Å². The van der Waals surface area contributed by atoms with Crippen LogP contribution in [0, 0.1) is 0 Å². The van der Waals surface area contributed by atoms with E-state index >= 15 is 0 Å². The number of nitrogens with zero attached hydrogens (tertiary/aromatic N) is 5. The van der Waals surface area contributed by atoms with Crippen molar-refractivity contribution >= 4 is 5.95 Å². The molecule has 0 spiro atoms. The number of hydrogen-bond acceptors (Lipinski definition) is 6. The molecule has 0 radical (unpaired) electrons. The van der Waals surface area contributed by atoms with Gasteiger partial charge in [-0.3, -0.25) is 0 Å². The molecule has 2 aromatic rings. The lowest BCUT2D eigenvalue weighted by Gasteiger charge is -2.03. The van der Waals surface area contributed by atoms with Crippen molar-refractivity contribution in [2.45, 2.75) is 0 Å². The maximum Gasteiger partial charge on any atom is 0.223 e. The summed E-state index contributed by atoms with van der Waals surface area (Å²) in [5, 5.41) is 7.56. The number of hydrogen-bond donors (Lipinski definition) is 1. The van der Waals surface area contributed by atoms with Crippen LogP contribution in [-0.4, -0.2) is 32.1 Å². The molecule has 7 nitrogen and oxygen atoms in total. The van der Waals surface area contributed by atoms with Crippen molar-refractivity contribution < 1.29 is 4.74 Å². The van der Waals surface area contributed by atoms with Crippen LogP contribution < -0.4 is 10.5 Å². The molecule has 0 unspecified atom stereocenters. The zero-order valence-corrected chi connectivity index (χ0v) is 8.38. The van der Waals surface area contributed by atoms with E-state index in [1.54, 1.807) is 24.0 Å². The molecule has 0 aliphatic heterocycles. The normalized spacial score (nSPS) is 10.3. The summed E-state index contributed by atoms with van der Waals surface area (Å²) >= 11 is 0. The highest BCUT2D eigenvalue weighted by molar-refractivity contribution is 5.55. The molecule has 0 saturated heterocycles. The average Bonchev–Trinajstić information content (AvgIpc) is 2.63. The number of aryl methyl sites for hydroxylation is 1. The van der Waals surface area contributed by atoms with Crippen molar-refractivity contribution in [3.8, 4) is 17.3 Å². The molecule has 78 valence electrons. The topological polar surface area (TPSA) is 91.7 Å². The molecule has 2 rings (SSSR count). The Hall–Kier alpha value is -2.18. The maximum atomic E-state index is 5.54. The molecule has 2 heterocycles. The van der Waals surface area contributed by atoms with Gasteiger partial charge in [-0.25, -0.2) is 9.67 Å². The van der Waals surface area contributed by atoms with Crippen LogP contribution >= 0.6 is 0 Å². The monoisotopic (exact) mass is 206 g/mol. The van der Waals surface area contributed by atoms with E-state index < -0.39 is 0 Å². The lowest BCUT2D eigenvalue weighted by molar-refractivity contribution is 0.398. The van der Waals surface area contributed by atoms with Gasteiger partial charge >= 0.3 is 0 Å². The van der Waals surface area contributed by atoms with E-state index in [1.807, 2.05) is 0 Å². The standard InChI is InChI=1S/C8H10N6O/c1-14-6(4-10-13-14)5-3-7(15-2)12-8(9)11-5/h3-4H,1-2H3,(H2,9,11,12). The van der Waals surface area contributed by atoms with Gasteiger partial charge in [-0.05, 0) is 0 Å². The van der Waals surface area contributed by atoms with Gasteiger partial charge < -0.3 is 10.5 Å². The molecule has 0 atom stereocenters. The number of methoxy groups -OCH3 is 1. The number of aromatic nitrogens is 5. The van der Waals surface area contributed by atoms with Crippen molar-refractivity contribution in [2.75, 3.05) is 12.8 Å². The SMILES string of the molecule is COc1cc(-c2cnnn2C)nc(N)n1. The minimum atomic E-state index is 0.158. The third-order valence-corrected chi connectivity index (χ3v) is 1.91. The Kier molecular flexibility index (Phi) is 2.20. The summed E-state index contributed by atoms with van der Waals surface area (Å²) in [4.78, 5) is 7.96. The van der Waals surface area contributed by atoms with E-state index in [2.05, 4.69) is 20.3 Å².